The number of rotatable bonds is 10. The predicted molar refractivity (Wildman–Crippen MR) is 126 cm³/mol. The summed E-state index contributed by atoms with van der Waals surface area (Å²) < 4.78 is 43.1. The molecule has 10 heteroatoms. The van der Waals surface area contributed by atoms with E-state index in [2.05, 4.69) is 5.32 Å². The summed E-state index contributed by atoms with van der Waals surface area (Å²) in [6.07, 6.45) is 0.570. The molecule has 34 heavy (non-hydrogen) atoms. The summed E-state index contributed by atoms with van der Waals surface area (Å²) in [5, 5.41) is 2.59. The predicted octanol–water partition coefficient (Wildman–Crippen LogP) is 2.67. The Morgan fingerprint density at radius 3 is 2.59 bits per heavy atom. The second-order valence-corrected chi connectivity index (χ2v) is 9.88. The number of aryl methyl sites for hydroxylation is 2. The molecule has 2 aromatic carbocycles. The molecule has 0 bridgehead atoms. The highest BCUT2D eigenvalue weighted by atomic mass is 32.2. The van der Waals surface area contributed by atoms with Gasteiger partial charge in [0.25, 0.3) is 5.91 Å². The molecular weight excluding hydrogens is 460 g/mol. The van der Waals surface area contributed by atoms with Gasteiger partial charge in [-0.15, -0.1) is 0 Å². The van der Waals surface area contributed by atoms with Gasteiger partial charge in [0, 0.05) is 25.2 Å². The third-order valence-electron chi connectivity index (χ3n) is 5.21. The Labute approximate surface area is 200 Å². The van der Waals surface area contributed by atoms with Crippen LogP contribution in [0.5, 0.6) is 5.75 Å². The van der Waals surface area contributed by atoms with E-state index >= 15 is 0 Å². The lowest BCUT2D eigenvalue weighted by atomic mass is 10.2. The fourth-order valence-electron chi connectivity index (χ4n) is 3.41. The van der Waals surface area contributed by atoms with Gasteiger partial charge in [0.05, 0.1) is 24.7 Å². The third-order valence-corrected chi connectivity index (χ3v) is 7.25. The van der Waals surface area contributed by atoms with Crippen molar-refractivity contribution >= 4 is 27.6 Å². The first-order chi connectivity index (χ1) is 16.3. The molecule has 0 spiro atoms. The number of nitrogens with one attached hydrogen (secondary N) is 1. The van der Waals surface area contributed by atoms with E-state index in [1.807, 2.05) is 31.2 Å². The van der Waals surface area contributed by atoms with E-state index < -0.39 is 28.5 Å². The number of anilines is 1. The molecule has 1 saturated heterocycles. The number of morpholine rings is 1. The monoisotopic (exact) mass is 490 g/mol. The SMILES string of the molecule is Cc1cccc(OCCCC(=O)OCC(=O)Nc2ccc(C)c(S(=O)(=O)N3CCOCC3)c2)c1. The van der Waals surface area contributed by atoms with E-state index in [0.29, 0.717) is 37.5 Å². The molecule has 3 rings (SSSR count). The number of hydrogen-bond donors (Lipinski definition) is 1. The van der Waals surface area contributed by atoms with Gasteiger partial charge in [-0.05, 0) is 55.7 Å². The first-order valence-corrected chi connectivity index (χ1v) is 12.5. The van der Waals surface area contributed by atoms with Gasteiger partial charge in [-0.1, -0.05) is 18.2 Å². The molecule has 1 fully saturated rings. The molecule has 184 valence electrons. The smallest absolute Gasteiger partial charge is 0.306 e. The van der Waals surface area contributed by atoms with Crippen LogP contribution < -0.4 is 10.1 Å². The molecule has 1 aliphatic rings. The Morgan fingerprint density at radius 2 is 1.85 bits per heavy atom. The summed E-state index contributed by atoms with van der Waals surface area (Å²) in [4.78, 5) is 24.3. The van der Waals surface area contributed by atoms with Crippen LogP contribution in [0.15, 0.2) is 47.4 Å². The summed E-state index contributed by atoms with van der Waals surface area (Å²) in [7, 11) is -3.71. The van der Waals surface area contributed by atoms with Crippen LogP contribution in [-0.2, 0) is 29.1 Å². The van der Waals surface area contributed by atoms with Crippen molar-refractivity contribution < 1.29 is 32.2 Å². The van der Waals surface area contributed by atoms with Crippen LogP contribution in [0.1, 0.15) is 24.0 Å². The minimum atomic E-state index is -3.71. The number of hydrogen-bond acceptors (Lipinski definition) is 7. The topological polar surface area (TPSA) is 111 Å². The lowest BCUT2D eigenvalue weighted by Crippen LogP contribution is -2.40. The number of ether oxygens (including phenoxy) is 3. The van der Waals surface area contributed by atoms with Crippen LogP contribution in [0.4, 0.5) is 5.69 Å². The molecule has 0 aromatic heterocycles. The third kappa shape index (κ3) is 7.28. The number of sulfonamides is 1. The van der Waals surface area contributed by atoms with Crippen molar-refractivity contribution in [3.8, 4) is 5.75 Å². The quantitative estimate of drug-likeness (QED) is 0.403. The summed E-state index contributed by atoms with van der Waals surface area (Å²) in [6, 6.07) is 12.3. The summed E-state index contributed by atoms with van der Waals surface area (Å²) in [5.74, 6) is -0.328. The van der Waals surface area contributed by atoms with Crippen molar-refractivity contribution in [2.75, 3.05) is 44.8 Å². The van der Waals surface area contributed by atoms with Gasteiger partial charge in [0.15, 0.2) is 6.61 Å². The Hall–Kier alpha value is -2.95. The summed E-state index contributed by atoms with van der Waals surface area (Å²) >= 11 is 0. The molecule has 0 atom stereocenters. The molecule has 2 aromatic rings. The Bertz CT molecular complexity index is 1110. The highest BCUT2D eigenvalue weighted by molar-refractivity contribution is 7.89. The highest BCUT2D eigenvalue weighted by Gasteiger charge is 2.28. The summed E-state index contributed by atoms with van der Waals surface area (Å²) in [5.41, 5.74) is 1.97. The molecule has 1 N–H and O–H groups in total. The van der Waals surface area contributed by atoms with Gasteiger partial charge in [-0.2, -0.15) is 4.31 Å². The zero-order valence-electron chi connectivity index (χ0n) is 19.4. The van der Waals surface area contributed by atoms with E-state index in [1.165, 1.54) is 10.4 Å². The Balaban J connectivity index is 1.45. The minimum Gasteiger partial charge on any atom is -0.494 e. The standard InChI is InChI=1S/C24H30N2O7S/c1-18-5-3-6-21(15-18)32-12-4-7-24(28)33-17-23(27)25-20-9-8-19(2)22(16-20)34(29,30)26-10-13-31-14-11-26/h3,5-6,8-9,15-16H,4,7,10-14,17H2,1-2H3,(H,25,27). The highest BCUT2D eigenvalue weighted by Crippen LogP contribution is 2.24. The first kappa shape index (κ1) is 25.7. The van der Waals surface area contributed by atoms with Gasteiger partial charge in [-0.25, -0.2) is 8.42 Å². The fraction of sp³-hybridized carbons (Fsp3) is 0.417. The van der Waals surface area contributed by atoms with Gasteiger partial charge < -0.3 is 19.5 Å². The number of carbonyl (C=O) groups is 2. The Morgan fingerprint density at radius 1 is 1.09 bits per heavy atom. The van der Waals surface area contributed by atoms with E-state index in [1.54, 1.807) is 19.1 Å². The van der Waals surface area contributed by atoms with Crippen LogP contribution >= 0.6 is 0 Å². The number of nitrogens with zero attached hydrogens (tertiary/aromatic N) is 1. The molecular formula is C24H30N2O7S. The molecule has 1 amide bonds. The summed E-state index contributed by atoms with van der Waals surface area (Å²) in [6.45, 7) is 4.82. The van der Waals surface area contributed by atoms with Gasteiger partial charge in [0.1, 0.15) is 5.75 Å². The maximum absolute atomic E-state index is 13.0. The zero-order chi connectivity index (χ0) is 24.6. The first-order valence-electron chi connectivity index (χ1n) is 11.1. The van der Waals surface area contributed by atoms with Gasteiger partial charge >= 0.3 is 5.97 Å². The average molecular weight is 491 g/mol. The normalized spacial score (nSPS) is 14.4. The van der Waals surface area contributed by atoms with Crippen LogP contribution in [-0.4, -0.2) is 64.1 Å². The second kappa shape index (κ2) is 12.0. The molecule has 1 aliphatic heterocycles. The van der Waals surface area contributed by atoms with Crippen LogP contribution in [0, 0.1) is 13.8 Å². The van der Waals surface area contributed by atoms with Crippen molar-refractivity contribution in [1.82, 2.24) is 4.31 Å². The van der Waals surface area contributed by atoms with Gasteiger partial charge in [-0.3, -0.25) is 9.59 Å². The number of benzene rings is 2. The van der Waals surface area contributed by atoms with Crippen molar-refractivity contribution in [1.29, 1.82) is 0 Å². The zero-order valence-corrected chi connectivity index (χ0v) is 20.2. The molecule has 0 saturated carbocycles. The molecule has 1 heterocycles. The molecule has 0 unspecified atom stereocenters. The molecule has 9 nitrogen and oxygen atoms in total. The van der Waals surface area contributed by atoms with Gasteiger partial charge in [0.2, 0.25) is 10.0 Å². The minimum absolute atomic E-state index is 0.117. The van der Waals surface area contributed by atoms with E-state index in [9.17, 15) is 18.0 Å². The fourth-order valence-corrected chi connectivity index (χ4v) is 5.07. The van der Waals surface area contributed by atoms with Crippen LogP contribution in [0.3, 0.4) is 0 Å². The maximum Gasteiger partial charge on any atom is 0.306 e. The number of esters is 1. The van der Waals surface area contributed by atoms with Crippen molar-refractivity contribution in [2.45, 2.75) is 31.6 Å². The van der Waals surface area contributed by atoms with Crippen LogP contribution in [0.25, 0.3) is 0 Å². The maximum atomic E-state index is 13.0. The molecule has 0 radical (unpaired) electrons. The van der Waals surface area contributed by atoms with E-state index in [4.69, 9.17) is 14.2 Å². The van der Waals surface area contributed by atoms with E-state index in [0.717, 1.165) is 11.3 Å². The molecule has 0 aliphatic carbocycles. The Kier molecular flexibility index (Phi) is 9.03. The lowest BCUT2D eigenvalue weighted by Gasteiger charge is -2.26. The largest absolute Gasteiger partial charge is 0.494 e. The van der Waals surface area contributed by atoms with E-state index in [-0.39, 0.29) is 24.4 Å². The van der Waals surface area contributed by atoms with Crippen LogP contribution in [0.2, 0.25) is 0 Å². The lowest BCUT2D eigenvalue weighted by molar-refractivity contribution is -0.147. The van der Waals surface area contributed by atoms with Crippen molar-refractivity contribution in [3.05, 3.63) is 53.6 Å². The van der Waals surface area contributed by atoms with Crippen molar-refractivity contribution in [3.63, 3.8) is 0 Å². The average Bonchev–Trinajstić information content (AvgIpc) is 2.82. The number of carbonyl (C=O) groups excluding carboxylic acids is 2. The van der Waals surface area contributed by atoms with Crippen molar-refractivity contribution in [2.24, 2.45) is 0 Å². The number of amides is 1. The second-order valence-electron chi connectivity index (χ2n) is 7.97.